The molecule has 0 aliphatic heterocycles. The predicted octanol–water partition coefficient (Wildman–Crippen LogP) is 2.87. The number of rotatable bonds is 7. The highest BCUT2D eigenvalue weighted by atomic mass is 16.5. The van der Waals surface area contributed by atoms with E-state index in [2.05, 4.69) is 36.2 Å². The highest BCUT2D eigenvalue weighted by Gasteiger charge is 2.17. The van der Waals surface area contributed by atoms with E-state index < -0.39 is 0 Å². The Labute approximate surface area is 126 Å². The first-order valence-corrected chi connectivity index (χ1v) is 7.16. The number of nitrogens with two attached hydrogens (primary N) is 1. The van der Waals surface area contributed by atoms with Gasteiger partial charge >= 0.3 is 0 Å². The van der Waals surface area contributed by atoms with Gasteiger partial charge in [-0.25, -0.2) is 0 Å². The van der Waals surface area contributed by atoms with E-state index in [1.54, 1.807) is 13.4 Å². The van der Waals surface area contributed by atoms with Crippen LogP contribution in [-0.4, -0.2) is 25.6 Å². The molecule has 1 aromatic heterocycles. The molecule has 0 bridgehead atoms. The maximum atomic E-state index is 5.98. The number of aryl methyl sites for hydroxylation is 1. The highest BCUT2D eigenvalue weighted by Crippen LogP contribution is 2.22. The van der Waals surface area contributed by atoms with Crippen LogP contribution in [0.3, 0.4) is 0 Å². The fourth-order valence-corrected chi connectivity index (χ4v) is 2.53. The van der Waals surface area contributed by atoms with Gasteiger partial charge in [0.05, 0.1) is 12.9 Å². The van der Waals surface area contributed by atoms with Crippen LogP contribution in [0.25, 0.3) is 0 Å². The van der Waals surface area contributed by atoms with E-state index in [0.717, 1.165) is 12.3 Å². The third kappa shape index (κ3) is 3.94. The van der Waals surface area contributed by atoms with Crippen LogP contribution in [0, 0.1) is 6.92 Å². The van der Waals surface area contributed by atoms with Crippen molar-refractivity contribution in [1.29, 1.82) is 0 Å². The van der Waals surface area contributed by atoms with Gasteiger partial charge in [-0.3, -0.25) is 4.90 Å². The summed E-state index contributed by atoms with van der Waals surface area (Å²) in [5.74, 6) is 0.966. The number of furan rings is 1. The average molecular weight is 288 g/mol. The normalized spacial score (nSPS) is 12.8. The van der Waals surface area contributed by atoms with Crippen LogP contribution in [0.5, 0.6) is 0 Å². The van der Waals surface area contributed by atoms with Crippen LogP contribution in [0.15, 0.2) is 41.0 Å². The third-order valence-electron chi connectivity index (χ3n) is 3.82. The molecule has 1 unspecified atom stereocenters. The van der Waals surface area contributed by atoms with Crippen LogP contribution in [0.4, 0.5) is 0 Å². The molecule has 0 saturated heterocycles. The van der Waals surface area contributed by atoms with Crippen molar-refractivity contribution in [2.45, 2.75) is 26.1 Å². The standard InChI is InChI=1S/C17H24N2O2/c1-13-16(8-9-21-13)11-19(2)17(10-18)15-6-4-14(5-7-15)12-20-3/h4-9,17H,10-12,18H2,1-3H3. The summed E-state index contributed by atoms with van der Waals surface area (Å²) in [6, 6.07) is 10.7. The maximum absolute atomic E-state index is 5.98. The second-order valence-corrected chi connectivity index (χ2v) is 5.34. The van der Waals surface area contributed by atoms with Gasteiger partial charge in [0.15, 0.2) is 0 Å². The summed E-state index contributed by atoms with van der Waals surface area (Å²) in [6.45, 7) is 4.03. The summed E-state index contributed by atoms with van der Waals surface area (Å²) < 4.78 is 10.5. The van der Waals surface area contributed by atoms with E-state index in [9.17, 15) is 0 Å². The first kappa shape index (κ1) is 15.8. The lowest BCUT2D eigenvalue weighted by atomic mass is 10.0. The first-order valence-electron chi connectivity index (χ1n) is 7.16. The molecule has 0 spiro atoms. The van der Waals surface area contributed by atoms with Crippen LogP contribution in [0.1, 0.15) is 28.5 Å². The van der Waals surface area contributed by atoms with Crippen LogP contribution < -0.4 is 5.73 Å². The minimum Gasteiger partial charge on any atom is -0.469 e. The van der Waals surface area contributed by atoms with Gasteiger partial charge < -0.3 is 14.9 Å². The summed E-state index contributed by atoms with van der Waals surface area (Å²) in [4.78, 5) is 2.25. The van der Waals surface area contributed by atoms with E-state index in [-0.39, 0.29) is 6.04 Å². The molecular weight excluding hydrogens is 264 g/mol. The number of hydrogen-bond donors (Lipinski definition) is 1. The number of hydrogen-bond acceptors (Lipinski definition) is 4. The zero-order valence-corrected chi connectivity index (χ0v) is 13.0. The Kier molecular flexibility index (Phi) is 5.56. The van der Waals surface area contributed by atoms with Crippen molar-refractivity contribution >= 4 is 0 Å². The molecule has 1 aromatic carbocycles. The molecule has 21 heavy (non-hydrogen) atoms. The molecule has 4 nitrogen and oxygen atoms in total. The maximum Gasteiger partial charge on any atom is 0.105 e. The Morgan fingerprint density at radius 3 is 2.48 bits per heavy atom. The van der Waals surface area contributed by atoms with Gasteiger partial charge in [0, 0.05) is 31.8 Å². The van der Waals surface area contributed by atoms with Gasteiger partial charge in [0.25, 0.3) is 0 Å². The van der Waals surface area contributed by atoms with E-state index in [1.807, 2.05) is 13.0 Å². The quantitative estimate of drug-likeness (QED) is 0.851. The minimum atomic E-state index is 0.191. The lowest BCUT2D eigenvalue weighted by Gasteiger charge is -2.27. The van der Waals surface area contributed by atoms with Crippen LogP contribution in [-0.2, 0) is 17.9 Å². The second kappa shape index (κ2) is 7.41. The van der Waals surface area contributed by atoms with Crippen molar-refractivity contribution in [3.05, 3.63) is 59.0 Å². The van der Waals surface area contributed by atoms with E-state index in [0.29, 0.717) is 13.2 Å². The SMILES string of the molecule is COCc1ccc(C(CN)N(C)Cc2ccoc2C)cc1. The largest absolute Gasteiger partial charge is 0.469 e. The zero-order valence-electron chi connectivity index (χ0n) is 13.0. The number of nitrogens with zero attached hydrogens (tertiary/aromatic N) is 1. The Balaban J connectivity index is 2.09. The van der Waals surface area contributed by atoms with E-state index >= 15 is 0 Å². The average Bonchev–Trinajstić information content (AvgIpc) is 2.87. The Morgan fingerprint density at radius 1 is 1.24 bits per heavy atom. The smallest absolute Gasteiger partial charge is 0.105 e. The van der Waals surface area contributed by atoms with Gasteiger partial charge in [-0.05, 0) is 31.2 Å². The molecule has 0 fully saturated rings. The Hall–Kier alpha value is -1.62. The van der Waals surface area contributed by atoms with E-state index in [1.165, 1.54) is 16.7 Å². The van der Waals surface area contributed by atoms with Crippen molar-refractivity contribution in [3.8, 4) is 0 Å². The number of methoxy groups -OCH3 is 1. The molecular formula is C17H24N2O2. The number of likely N-dealkylation sites (N-methyl/N-ethyl adjacent to an activating group) is 1. The topological polar surface area (TPSA) is 51.6 Å². The van der Waals surface area contributed by atoms with Crippen molar-refractivity contribution < 1.29 is 9.15 Å². The fourth-order valence-electron chi connectivity index (χ4n) is 2.53. The number of ether oxygens (including phenoxy) is 1. The van der Waals surface area contributed by atoms with Crippen molar-refractivity contribution in [3.63, 3.8) is 0 Å². The van der Waals surface area contributed by atoms with Gasteiger partial charge in [-0.1, -0.05) is 24.3 Å². The third-order valence-corrected chi connectivity index (χ3v) is 3.82. The molecule has 0 radical (unpaired) electrons. The summed E-state index contributed by atoms with van der Waals surface area (Å²) in [5.41, 5.74) is 9.58. The molecule has 1 atom stereocenters. The molecule has 0 saturated carbocycles. The van der Waals surface area contributed by atoms with Crippen molar-refractivity contribution in [2.75, 3.05) is 20.7 Å². The molecule has 2 N–H and O–H groups in total. The zero-order chi connectivity index (χ0) is 15.2. The monoisotopic (exact) mass is 288 g/mol. The molecule has 4 heteroatoms. The fraction of sp³-hybridized carbons (Fsp3) is 0.412. The Morgan fingerprint density at radius 2 is 1.95 bits per heavy atom. The summed E-state index contributed by atoms with van der Waals surface area (Å²) >= 11 is 0. The van der Waals surface area contributed by atoms with E-state index in [4.69, 9.17) is 14.9 Å². The molecule has 2 aromatic rings. The van der Waals surface area contributed by atoms with Gasteiger partial charge in [-0.15, -0.1) is 0 Å². The molecule has 0 aliphatic rings. The van der Waals surface area contributed by atoms with Gasteiger partial charge in [-0.2, -0.15) is 0 Å². The molecule has 0 aliphatic carbocycles. The Bertz CT molecular complexity index is 548. The second-order valence-electron chi connectivity index (χ2n) is 5.34. The molecule has 114 valence electrons. The minimum absolute atomic E-state index is 0.191. The van der Waals surface area contributed by atoms with Gasteiger partial charge in [0.2, 0.25) is 0 Å². The molecule has 1 heterocycles. The number of benzene rings is 1. The molecule has 0 amide bonds. The van der Waals surface area contributed by atoms with Crippen molar-refractivity contribution in [1.82, 2.24) is 4.90 Å². The summed E-state index contributed by atoms with van der Waals surface area (Å²) in [5, 5.41) is 0. The molecule has 2 rings (SSSR count). The summed E-state index contributed by atoms with van der Waals surface area (Å²) in [6.07, 6.45) is 1.73. The van der Waals surface area contributed by atoms with Crippen LogP contribution in [0.2, 0.25) is 0 Å². The lowest BCUT2D eigenvalue weighted by molar-refractivity contribution is 0.185. The predicted molar refractivity (Wildman–Crippen MR) is 83.9 cm³/mol. The van der Waals surface area contributed by atoms with Crippen molar-refractivity contribution in [2.24, 2.45) is 5.73 Å². The first-order chi connectivity index (χ1) is 10.2. The van der Waals surface area contributed by atoms with Crippen LogP contribution >= 0.6 is 0 Å². The van der Waals surface area contributed by atoms with Gasteiger partial charge in [0.1, 0.15) is 5.76 Å². The highest BCUT2D eigenvalue weighted by molar-refractivity contribution is 5.25. The summed E-state index contributed by atoms with van der Waals surface area (Å²) in [7, 11) is 3.80. The lowest BCUT2D eigenvalue weighted by Crippen LogP contribution is -2.30.